The molecule has 42 heavy (non-hydrogen) atoms. The minimum atomic E-state index is -0.743. The molecule has 214 valence electrons. The maximum absolute atomic E-state index is 15.0. The quantitative estimate of drug-likeness (QED) is 0.225. The predicted molar refractivity (Wildman–Crippen MR) is 158 cm³/mol. The zero-order valence-electron chi connectivity index (χ0n) is 22.6. The molecule has 2 amide bonds. The Hall–Kier alpha value is -4.97. The van der Waals surface area contributed by atoms with Crippen LogP contribution in [0.2, 0.25) is 0 Å². The van der Waals surface area contributed by atoms with Gasteiger partial charge in [-0.3, -0.25) is 19.0 Å². The molecule has 0 radical (unpaired) electrons. The summed E-state index contributed by atoms with van der Waals surface area (Å²) in [6, 6.07) is 15.5. The van der Waals surface area contributed by atoms with E-state index in [4.69, 9.17) is 4.74 Å². The van der Waals surface area contributed by atoms with E-state index < -0.39 is 23.1 Å². The van der Waals surface area contributed by atoms with Crippen LogP contribution >= 0.6 is 11.8 Å². The van der Waals surface area contributed by atoms with Crippen molar-refractivity contribution in [1.82, 2.24) is 14.0 Å². The number of rotatable bonds is 9. The Morgan fingerprint density at radius 3 is 2.50 bits per heavy atom. The van der Waals surface area contributed by atoms with Crippen LogP contribution in [0.4, 0.5) is 20.3 Å². The van der Waals surface area contributed by atoms with E-state index in [0.717, 1.165) is 6.07 Å². The lowest BCUT2D eigenvalue weighted by atomic mass is 10.2. The van der Waals surface area contributed by atoms with Crippen molar-refractivity contribution in [1.29, 1.82) is 0 Å². The standard InChI is InChI=1S/C30H25F2N5O4S/c1-18-3-10-23(30(40)37(18)21-7-4-19(31)5-8-21)29(39)33-20-6-11-25(24(32)15-20)41-22-9-12-27-34-26(17-36(27)16-22)35-28(38)13-14-42-2/h3-12,15-17H,13-14H2,1-2H3,(H,33,39)(H,35,38). The number of carbonyl (C=O) groups is 2. The molecule has 2 N–H and O–H groups in total. The number of thioether (sulfide) groups is 1. The van der Waals surface area contributed by atoms with Gasteiger partial charge in [-0.05, 0) is 73.8 Å². The lowest BCUT2D eigenvalue weighted by Crippen LogP contribution is -2.29. The first kappa shape index (κ1) is 28.6. The first-order valence-corrected chi connectivity index (χ1v) is 14.2. The van der Waals surface area contributed by atoms with Gasteiger partial charge >= 0.3 is 0 Å². The Balaban J connectivity index is 1.29. The van der Waals surface area contributed by atoms with Gasteiger partial charge in [-0.1, -0.05) is 0 Å². The predicted octanol–water partition coefficient (Wildman–Crippen LogP) is 5.81. The van der Waals surface area contributed by atoms with Crippen LogP contribution in [-0.2, 0) is 4.79 Å². The van der Waals surface area contributed by atoms with Gasteiger partial charge in [0.05, 0.1) is 12.4 Å². The van der Waals surface area contributed by atoms with Gasteiger partial charge < -0.3 is 19.8 Å². The van der Waals surface area contributed by atoms with Crippen LogP contribution in [0.1, 0.15) is 22.5 Å². The maximum atomic E-state index is 15.0. The highest BCUT2D eigenvalue weighted by Crippen LogP contribution is 2.27. The zero-order chi connectivity index (χ0) is 29.8. The summed E-state index contributed by atoms with van der Waals surface area (Å²) in [6.45, 7) is 1.69. The summed E-state index contributed by atoms with van der Waals surface area (Å²) in [5, 5.41) is 5.28. The lowest BCUT2D eigenvalue weighted by molar-refractivity contribution is -0.115. The molecule has 0 aliphatic rings. The van der Waals surface area contributed by atoms with Gasteiger partial charge in [-0.15, -0.1) is 0 Å². The molecule has 0 aliphatic heterocycles. The Morgan fingerprint density at radius 1 is 0.976 bits per heavy atom. The molecule has 12 heteroatoms. The number of amides is 2. The first-order valence-electron chi connectivity index (χ1n) is 12.8. The van der Waals surface area contributed by atoms with Crippen LogP contribution in [0, 0.1) is 18.6 Å². The van der Waals surface area contributed by atoms with Crippen molar-refractivity contribution in [2.45, 2.75) is 13.3 Å². The molecule has 3 aromatic heterocycles. The van der Waals surface area contributed by atoms with Crippen molar-refractivity contribution >= 4 is 40.7 Å². The van der Waals surface area contributed by atoms with Crippen LogP contribution in [-0.4, -0.2) is 37.8 Å². The van der Waals surface area contributed by atoms with E-state index in [-0.39, 0.29) is 22.9 Å². The normalized spacial score (nSPS) is 11.0. The number of nitrogens with zero attached hydrogens (tertiary/aromatic N) is 3. The molecule has 3 heterocycles. The summed E-state index contributed by atoms with van der Waals surface area (Å²) in [5.41, 5.74) is 0.871. The highest BCUT2D eigenvalue weighted by Gasteiger charge is 2.17. The third kappa shape index (κ3) is 6.33. The maximum Gasteiger partial charge on any atom is 0.268 e. The van der Waals surface area contributed by atoms with Gasteiger partial charge in [0.1, 0.15) is 22.8 Å². The van der Waals surface area contributed by atoms with Gasteiger partial charge in [-0.2, -0.15) is 11.8 Å². The number of carbonyl (C=O) groups excluding carboxylic acids is 2. The smallest absolute Gasteiger partial charge is 0.268 e. The number of ether oxygens (including phenoxy) is 1. The van der Waals surface area contributed by atoms with Crippen LogP contribution in [0.15, 0.2) is 83.9 Å². The Morgan fingerprint density at radius 2 is 1.76 bits per heavy atom. The number of hydrogen-bond donors (Lipinski definition) is 2. The van der Waals surface area contributed by atoms with Crippen LogP contribution in [0.5, 0.6) is 11.5 Å². The topological polar surface area (TPSA) is 107 Å². The van der Waals surface area contributed by atoms with E-state index in [0.29, 0.717) is 40.8 Å². The van der Waals surface area contributed by atoms with Crippen molar-refractivity contribution in [2.75, 3.05) is 22.6 Å². The fourth-order valence-corrected chi connectivity index (χ4v) is 4.58. The van der Waals surface area contributed by atoms with Gasteiger partial charge in [0.15, 0.2) is 17.4 Å². The highest BCUT2D eigenvalue weighted by molar-refractivity contribution is 7.98. The molecule has 0 bridgehead atoms. The Labute approximate surface area is 243 Å². The number of fused-ring (bicyclic) bond motifs is 1. The fraction of sp³-hybridized carbons (Fsp3) is 0.133. The molecule has 0 saturated heterocycles. The molecule has 0 atom stereocenters. The van der Waals surface area contributed by atoms with E-state index in [1.165, 1.54) is 47.0 Å². The SMILES string of the molecule is CSCCC(=O)Nc1cn2cc(Oc3ccc(NC(=O)c4ccc(C)n(-c5ccc(F)cc5)c4=O)cc3F)ccc2n1. The molecule has 9 nitrogen and oxygen atoms in total. The average molecular weight is 590 g/mol. The third-order valence-electron chi connectivity index (χ3n) is 6.25. The zero-order valence-corrected chi connectivity index (χ0v) is 23.4. The number of aromatic nitrogens is 3. The van der Waals surface area contributed by atoms with Crippen molar-refractivity contribution in [3.8, 4) is 17.2 Å². The van der Waals surface area contributed by atoms with Gasteiger partial charge in [0.2, 0.25) is 5.91 Å². The minimum Gasteiger partial charge on any atom is -0.453 e. The van der Waals surface area contributed by atoms with Crippen molar-refractivity contribution < 1.29 is 23.1 Å². The number of halogens is 2. The van der Waals surface area contributed by atoms with Gasteiger partial charge in [0.25, 0.3) is 11.5 Å². The Kier molecular flexibility index (Phi) is 8.34. The summed E-state index contributed by atoms with van der Waals surface area (Å²) >= 11 is 1.58. The first-order chi connectivity index (χ1) is 20.2. The number of imidazole rings is 1. The lowest BCUT2D eigenvalue weighted by Gasteiger charge is -2.13. The average Bonchev–Trinajstić information content (AvgIpc) is 3.35. The molecule has 0 spiro atoms. The second-order valence-electron chi connectivity index (χ2n) is 9.25. The summed E-state index contributed by atoms with van der Waals surface area (Å²) in [5.74, 6) is -0.745. The largest absolute Gasteiger partial charge is 0.453 e. The number of anilines is 2. The number of hydrogen-bond acceptors (Lipinski definition) is 6. The second-order valence-corrected chi connectivity index (χ2v) is 10.2. The summed E-state index contributed by atoms with van der Waals surface area (Å²) in [4.78, 5) is 42.4. The molecule has 5 rings (SSSR count). The number of aryl methyl sites for hydroxylation is 1. The van der Waals surface area contributed by atoms with Crippen LogP contribution in [0.25, 0.3) is 11.3 Å². The van der Waals surface area contributed by atoms with E-state index in [2.05, 4.69) is 15.6 Å². The Bertz CT molecular complexity index is 1850. The molecule has 2 aromatic carbocycles. The van der Waals surface area contributed by atoms with Crippen molar-refractivity contribution in [3.05, 3.63) is 112 Å². The molecule has 0 fully saturated rings. The van der Waals surface area contributed by atoms with Crippen LogP contribution < -0.4 is 20.9 Å². The third-order valence-corrected chi connectivity index (χ3v) is 6.86. The second kappa shape index (κ2) is 12.3. The molecular weight excluding hydrogens is 564 g/mol. The van der Waals surface area contributed by atoms with E-state index in [1.54, 1.807) is 53.7 Å². The fourth-order valence-electron chi connectivity index (χ4n) is 4.19. The van der Waals surface area contributed by atoms with E-state index in [9.17, 15) is 23.2 Å². The van der Waals surface area contributed by atoms with E-state index >= 15 is 0 Å². The molecule has 0 unspecified atom stereocenters. The van der Waals surface area contributed by atoms with Crippen LogP contribution in [0.3, 0.4) is 0 Å². The molecule has 0 saturated carbocycles. The highest BCUT2D eigenvalue weighted by atomic mass is 32.2. The number of nitrogens with one attached hydrogen (secondary N) is 2. The van der Waals surface area contributed by atoms with Gasteiger partial charge in [-0.25, -0.2) is 13.8 Å². The van der Waals surface area contributed by atoms with Crippen molar-refractivity contribution in [2.24, 2.45) is 0 Å². The monoisotopic (exact) mass is 589 g/mol. The molecule has 0 aliphatic carbocycles. The summed E-state index contributed by atoms with van der Waals surface area (Å²) < 4.78 is 37.0. The summed E-state index contributed by atoms with van der Waals surface area (Å²) in [6.07, 6.45) is 5.52. The van der Waals surface area contributed by atoms with Crippen molar-refractivity contribution in [3.63, 3.8) is 0 Å². The van der Waals surface area contributed by atoms with Gasteiger partial charge in [0, 0.05) is 35.3 Å². The summed E-state index contributed by atoms with van der Waals surface area (Å²) in [7, 11) is 0. The van der Waals surface area contributed by atoms with E-state index in [1.807, 2.05) is 6.26 Å². The molecule has 5 aromatic rings. The molecular formula is C30H25F2N5O4S. The number of pyridine rings is 2. The minimum absolute atomic E-state index is 0.0907. The number of benzene rings is 2.